The minimum Gasteiger partial charge on any atom is -0.493 e. The van der Waals surface area contributed by atoms with Gasteiger partial charge >= 0.3 is 0 Å². The first-order valence-electron chi connectivity index (χ1n) is 7.78. The third-order valence-electron chi connectivity index (χ3n) is 3.91. The Hall–Kier alpha value is -2.53. The first-order valence-corrected chi connectivity index (χ1v) is 7.78. The van der Waals surface area contributed by atoms with Gasteiger partial charge in [-0.25, -0.2) is 0 Å². The van der Waals surface area contributed by atoms with E-state index in [-0.39, 0.29) is 11.9 Å². The van der Waals surface area contributed by atoms with Crippen molar-refractivity contribution in [1.29, 1.82) is 0 Å². The van der Waals surface area contributed by atoms with Gasteiger partial charge in [0.1, 0.15) is 0 Å². The van der Waals surface area contributed by atoms with Crippen molar-refractivity contribution in [2.24, 2.45) is 0 Å². The summed E-state index contributed by atoms with van der Waals surface area (Å²) in [5, 5.41) is 2.99. The van der Waals surface area contributed by atoms with Gasteiger partial charge in [0.2, 0.25) is 0 Å². The van der Waals surface area contributed by atoms with Gasteiger partial charge in [-0.15, -0.1) is 0 Å². The van der Waals surface area contributed by atoms with Crippen LogP contribution in [0.3, 0.4) is 0 Å². The van der Waals surface area contributed by atoms with Gasteiger partial charge in [-0.3, -0.25) is 4.79 Å². The van der Waals surface area contributed by atoms with Crippen LogP contribution < -0.4 is 14.8 Å². The Labute approximate surface area is 143 Å². The van der Waals surface area contributed by atoms with Crippen LogP contribution in [0.2, 0.25) is 0 Å². The zero-order valence-corrected chi connectivity index (χ0v) is 14.6. The van der Waals surface area contributed by atoms with Gasteiger partial charge < -0.3 is 19.7 Å². The minimum absolute atomic E-state index is 0.107. The normalized spacial score (nSPS) is 11.9. The SMILES string of the molecule is COc1ccc(C(=O)NCC(c2ccccc2)N(C)C)cc1OC. The molecule has 0 aliphatic rings. The molecular formula is C19H24N2O3. The molecule has 1 atom stereocenters. The largest absolute Gasteiger partial charge is 0.493 e. The number of methoxy groups -OCH3 is 2. The van der Waals surface area contributed by atoms with Crippen LogP contribution in [0.5, 0.6) is 11.5 Å². The van der Waals surface area contributed by atoms with Crippen molar-refractivity contribution in [3.05, 3.63) is 59.7 Å². The average Bonchev–Trinajstić information content (AvgIpc) is 2.61. The lowest BCUT2D eigenvalue weighted by atomic mass is 10.1. The lowest BCUT2D eigenvalue weighted by molar-refractivity contribution is 0.0941. The molecule has 0 aliphatic carbocycles. The first kappa shape index (κ1) is 17.8. The number of nitrogens with zero attached hydrogens (tertiary/aromatic N) is 1. The number of nitrogens with one attached hydrogen (secondary N) is 1. The van der Waals surface area contributed by atoms with Gasteiger partial charge in [-0.2, -0.15) is 0 Å². The summed E-state index contributed by atoms with van der Waals surface area (Å²) in [6.45, 7) is 0.518. The Morgan fingerprint density at radius 1 is 1.04 bits per heavy atom. The highest BCUT2D eigenvalue weighted by Gasteiger charge is 2.16. The van der Waals surface area contributed by atoms with Crippen LogP contribution in [0.1, 0.15) is 22.0 Å². The molecule has 0 heterocycles. The fourth-order valence-corrected chi connectivity index (χ4v) is 2.54. The number of amides is 1. The van der Waals surface area contributed by atoms with Crippen LogP contribution in [0.15, 0.2) is 48.5 Å². The predicted octanol–water partition coefficient (Wildman–Crippen LogP) is 2.74. The predicted molar refractivity (Wildman–Crippen MR) is 94.7 cm³/mol. The van der Waals surface area contributed by atoms with E-state index in [1.807, 2.05) is 32.3 Å². The second kappa shape index (κ2) is 8.36. The Morgan fingerprint density at radius 3 is 2.29 bits per heavy atom. The van der Waals surface area contributed by atoms with Crippen molar-refractivity contribution in [3.63, 3.8) is 0 Å². The number of rotatable bonds is 7. The number of likely N-dealkylation sites (N-methyl/N-ethyl adjacent to an activating group) is 1. The Kier molecular flexibility index (Phi) is 6.21. The molecule has 24 heavy (non-hydrogen) atoms. The molecule has 0 bridgehead atoms. The second-order valence-corrected chi connectivity index (χ2v) is 5.67. The van der Waals surface area contributed by atoms with Gasteiger partial charge in [0.25, 0.3) is 5.91 Å². The molecule has 0 radical (unpaired) electrons. The molecule has 5 nitrogen and oxygen atoms in total. The van der Waals surface area contributed by atoms with Gasteiger partial charge in [0.15, 0.2) is 11.5 Å². The molecule has 128 valence electrons. The van der Waals surface area contributed by atoms with Crippen LogP contribution in [0.4, 0.5) is 0 Å². The summed E-state index contributed by atoms with van der Waals surface area (Å²) in [6.07, 6.45) is 0. The maximum atomic E-state index is 12.4. The molecule has 2 aromatic carbocycles. The standard InChI is InChI=1S/C19H24N2O3/c1-21(2)16(14-8-6-5-7-9-14)13-20-19(22)15-10-11-17(23-3)18(12-15)24-4/h5-12,16H,13H2,1-4H3,(H,20,22). The van der Waals surface area contributed by atoms with E-state index in [0.717, 1.165) is 5.56 Å². The van der Waals surface area contributed by atoms with Crippen LogP contribution in [0.25, 0.3) is 0 Å². The average molecular weight is 328 g/mol. The number of benzene rings is 2. The highest BCUT2D eigenvalue weighted by atomic mass is 16.5. The molecule has 5 heteroatoms. The van der Waals surface area contributed by atoms with E-state index in [2.05, 4.69) is 22.3 Å². The molecule has 1 unspecified atom stereocenters. The van der Waals surface area contributed by atoms with Gasteiger partial charge in [0.05, 0.1) is 20.3 Å². The number of ether oxygens (including phenoxy) is 2. The smallest absolute Gasteiger partial charge is 0.251 e. The van der Waals surface area contributed by atoms with Crippen molar-refractivity contribution in [3.8, 4) is 11.5 Å². The fourth-order valence-electron chi connectivity index (χ4n) is 2.54. The molecule has 2 aromatic rings. The third-order valence-corrected chi connectivity index (χ3v) is 3.91. The molecule has 0 aromatic heterocycles. The van der Waals surface area contributed by atoms with Crippen molar-refractivity contribution in [2.45, 2.75) is 6.04 Å². The van der Waals surface area contributed by atoms with E-state index in [0.29, 0.717) is 23.6 Å². The Bertz CT molecular complexity index is 672. The molecule has 0 aliphatic heterocycles. The number of hydrogen-bond donors (Lipinski definition) is 1. The molecular weight excluding hydrogens is 304 g/mol. The number of carbonyl (C=O) groups excluding carboxylic acids is 1. The second-order valence-electron chi connectivity index (χ2n) is 5.67. The summed E-state index contributed by atoms with van der Waals surface area (Å²) < 4.78 is 10.4. The zero-order chi connectivity index (χ0) is 17.5. The van der Waals surface area contributed by atoms with E-state index in [4.69, 9.17) is 9.47 Å². The van der Waals surface area contributed by atoms with E-state index < -0.39 is 0 Å². The highest BCUT2D eigenvalue weighted by molar-refractivity contribution is 5.94. The van der Waals surface area contributed by atoms with Crippen molar-refractivity contribution < 1.29 is 14.3 Å². The van der Waals surface area contributed by atoms with Crippen LogP contribution in [0, 0.1) is 0 Å². The van der Waals surface area contributed by atoms with Crippen LogP contribution in [-0.4, -0.2) is 45.7 Å². The molecule has 0 spiro atoms. The molecule has 0 saturated carbocycles. The summed E-state index contributed by atoms with van der Waals surface area (Å²) in [4.78, 5) is 14.5. The summed E-state index contributed by atoms with van der Waals surface area (Å²) in [5.74, 6) is 1.00. The molecule has 2 rings (SSSR count). The Balaban J connectivity index is 2.09. The zero-order valence-electron chi connectivity index (χ0n) is 14.6. The first-order chi connectivity index (χ1) is 11.6. The molecule has 0 saturated heterocycles. The highest BCUT2D eigenvalue weighted by Crippen LogP contribution is 2.27. The topological polar surface area (TPSA) is 50.8 Å². The van der Waals surface area contributed by atoms with Crippen LogP contribution in [-0.2, 0) is 0 Å². The lowest BCUT2D eigenvalue weighted by Crippen LogP contribution is -2.34. The maximum absolute atomic E-state index is 12.4. The fraction of sp³-hybridized carbons (Fsp3) is 0.316. The molecule has 0 fully saturated rings. The summed E-state index contributed by atoms with van der Waals surface area (Å²) in [5.41, 5.74) is 1.70. The summed E-state index contributed by atoms with van der Waals surface area (Å²) in [7, 11) is 7.12. The summed E-state index contributed by atoms with van der Waals surface area (Å²) >= 11 is 0. The maximum Gasteiger partial charge on any atom is 0.251 e. The monoisotopic (exact) mass is 328 g/mol. The Morgan fingerprint density at radius 2 is 1.71 bits per heavy atom. The molecule has 1 N–H and O–H groups in total. The molecule has 1 amide bonds. The summed E-state index contributed by atoms with van der Waals surface area (Å²) in [6, 6.07) is 15.4. The van der Waals surface area contributed by atoms with Gasteiger partial charge in [-0.05, 0) is 37.9 Å². The number of hydrogen-bond acceptors (Lipinski definition) is 4. The van der Waals surface area contributed by atoms with Crippen molar-refractivity contribution >= 4 is 5.91 Å². The van der Waals surface area contributed by atoms with Gasteiger partial charge in [0, 0.05) is 12.1 Å². The van der Waals surface area contributed by atoms with E-state index in [1.165, 1.54) is 0 Å². The van der Waals surface area contributed by atoms with Crippen molar-refractivity contribution in [1.82, 2.24) is 10.2 Å². The minimum atomic E-state index is -0.140. The van der Waals surface area contributed by atoms with Crippen LogP contribution >= 0.6 is 0 Å². The van der Waals surface area contributed by atoms with E-state index in [1.54, 1.807) is 32.4 Å². The van der Waals surface area contributed by atoms with Gasteiger partial charge in [-0.1, -0.05) is 30.3 Å². The lowest BCUT2D eigenvalue weighted by Gasteiger charge is -2.25. The number of carbonyl (C=O) groups is 1. The van der Waals surface area contributed by atoms with E-state index in [9.17, 15) is 4.79 Å². The van der Waals surface area contributed by atoms with Crippen molar-refractivity contribution in [2.75, 3.05) is 34.9 Å². The quantitative estimate of drug-likeness (QED) is 0.849. The third kappa shape index (κ3) is 4.26. The van der Waals surface area contributed by atoms with E-state index >= 15 is 0 Å².